The third kappa shape index (κ3) is 3.09. The maximum absolute atomic E-state index is 13.8. The Labute approximate surface area is 133 Å². The summed E-state index contributed by atoms with van der Waals surface area (Å²) in [6.45, 7) is 0. The number of thiophene rings is 1. The van der Waals surface area contributed by atoms with E-state index in [1.54, 1.807) is 17.4 Å². The minimum absolute atomic E-state index is 0.254. The highest BCUT2D eigenvalue weighted by Gasteiger charge is 2.19. The second-order valence-corrected chi connectivity index (χ2v) is 7.02. The predicted molar refractivity (Wildman–Crippen MR) is 86.2 cm³/mol. The fourth-order valence-corrected chi connectivity index (χ4v) is 4.42. The summed E-state index contributed by atoms with van der Waals surface area (Å²) in [6.07, 6.45) is 6.13. The molecule has 3 rings (SSSR count). The number of aryl methyl sites for hydroxylation is 2. The number of benzene rings is 1. The first-order valence-electron chi connectivity index (χ1n) is 7.28. The van der Waals surface area contributed by atoms with E-state index in [2.05, 4.69) is 6.07 Å². The van der Waals surface area contributed by atoms with E-state index in [0.29, 0.717) is 0 Å². The van der Waals surface area contributed by atoms with Gasteiger partial charge in [0.25, 0.3) is 0 Å². The Hall–Kier alpha value is -1.06. The van der Waals surface area contributed by atoms with E-state index in [1.807, 2.05) is 6.07 Å². The number of rotatable bonds is 3. The van der Waals surface area contributed by atoms with E-state index < -0.39 is 0 Å². The maximum atomic E-state index is 13.8. The molecule has 1 aromatic heterocycles. The zero-order chi connectivity index (χ0) is 14.8. The SMILES string of the molecule is COc1ccc(C(Cl)c2cc3c(s2)CCCCC3)cc1F. The molecule has 0 amide bonds. The number of hydrogen-bond donors (Lipinski definition) is 0. The summed E-state index contributed by atoms with van der Waals surface area (Å²) in [6, 6.07) is 7.16. The molecule has 1 unspecified atom stereocenters. The van der Waals surface area contributed by atoms with Gasteiger partial charge in [0.2, 0.25) is 0 Å². The Kier molecular flexibility index (Phi) is 4.51. The highest BCUT2D eigenvalue weighted by molar-refractivity contribution is 7.12. The van der Waals surface area contributed by atoms with Crippen LogP contribution in [0.1, 0.15) is 45.5 Å². The van der Waals surface area contributed by atoms with Crippen molar-refractivity contribution in [2.24, 2.45) is 0 Å². The molecule has 1 atom stereocenters. The Morgan fingerprint density at radius 2 is 2.00 bits per heavy atom. The molecule has 1 aromatic carbocycles. The topological polar surface area (TPSA) is 9.23 Å². The predicted octanol–water partition coefficient (Wildman–Crippen LogP) is 5.49. The van der Waals surface area contributed by atoms with Gasteiger partial charge >= 0.3 is 0 Å². The molecule has 0 N–H and O–H groups in total. The largest absolute Gasteiger partial charge is 0.494 e. The van der Waals surface area contributed by atoms with Crippen molar-refractivity contribution in [1.29, 1.82) is 0 Å². The number of alkyl halides is 1. The van der Waals surface area contributed by atoms with Crippen LogP contribution >= 0.6 is 22.9 Å². The van der Waals surface area contributed by atoms with Crippen molar-refractivity contribution >= 4 is 22.9 Å². The van der Waals surface area contributed by atoms with Crippen LogP contribution in [-0.2, 0) is 12.8 Å². The Bertz CT molecular complexity index is 614. The average Bonchev–Trinajstić information content (AvgIpc) is 2.77. The monoisotopic (exact) mass is 324 g/mol. The van der Waals surface area contributed by atoms with Crippen LogP contribution in [0.4, 0.5) is 4.39 Å². The molecule has 1 nitrogen and oxygen atoms in total. The molecule has 0 spiro atoms. The highest BCUT2D eigenvalue weighted by atomic mass is 35.5. The number of halogens is 2. The molecule has 4 heteroatoms. The van der Waals surface area contributed by atoms with Gasteiger partial charge < -0.3 is 4.74 Å². The number of methoxy groups -OCH3 is 1. The second kappa shape index (κ2) is 6.37. The minimum Gasteiger partial charge on any atom is -0.494 e. The van der Waals surface area contributed by atoms with Crippen molar-refractivity contribution in [3.05, 3.63) is 51.0 Å². The molecule has 112 valence electrons. The van der Waals surface area contributed by atoms with Crippen LogP contribution in [-0.4, -0.2) is 7.11 Å². The third-order valence-corrected chi connectivity index (χ3v) is 5.90. The Balaban J connectivity index is 1.88. The van der Waals surface area contributed by atoms with Crippen LogP contribution in [0.15, 0.2) is 24.3 Å². The van der Waals surface area contributed by atoms with Crippen molar-refractivity contribution in [3.8, 4) is 5.75 Å². The Morgan fingerprint density at radius 1 is 1.19 bits per heavy atom. The molecule has 2 aromatic rings. The first kappa shape index (κ1) is 14.9. The van der Waals surface area contributed by atoms with Gasteiger partial charge in [0.1, 0.15) is 0 Å². The lowest BCUT2D eigenvalue weighted by Crippen LogP contribution is -1.94. The molecule has 21 heavy (non-hydrogen) atoms. The third-order valence-electron chi connectivity index (χ3n) is 3.98. The highest BCUT2D eigenvalue weighted by Crippen LogP contribution is 2.38. The number of hydrogen-bond acceptors (Lipinski definition) is 2. The fraction of sp³-hybridized carbons (Fsp3) is 0.412. The van der Waals surface area contributed by atoms with Gasteiger partial charge in [-0.25, -0.2) is 4.39 Å². The summed E-state index contributed by atoms with van der Waals surface area (Å²) in [4.78, 5) is 2.58. The molecular formula is C17H18ClFOS. The van der Waals surface area contributed by atoms with Gasteiger partial charge in [0.15, 0.2) is 11.6 Å². The van der Waals surface area contributed by atoms with E-state index in [0.717, 1.165) is 23.3 Å². The molecule has 1 aliphatic carbocycles. The van der Waals surface area contributed by atoms with E-state index in [1.165, 1.54) is 42.9 Å². The molecule has 0 saturated carbocycles. The van der Waals surface area contributed by atoms with Crippen LogP contribution in [0.3, 0.4) is 0 Å². The van der Waals surface area contributed by atoms with Crippen molar-refractivity contribution in [1.82, 2.24) is 0 Å². The summed E-state index contributed by atoms with van der Waals surface area (Å²) < 4.78 is 18.8. The quantitative estimate of drug-likeness (QED) is 0.535. The van der Waals surface area contributed by atoms with Gasteiger partial charge in [-0.05, 0) is 55.0 Å². The van der Waals surface area contributed by atoms with Gasteiger partial charge in [0, 0.05) is 9.75 Å². The molecule has 0 bridgehead atoms. The Morgan fingerprint density at radius 3 is 2.76 bits per heavy atom. The van der Waals surface area contributed by atoms with Crippen LogP contribution in [0.5, 0.6) is 5.75 Å². The molecule has 1 aliphatic rings. The van der Waals surface area contributed by atoms with Crippen LogP contribution in [0.2, 0.25) is 0 Å². The van der Waals surface area contributed by atoms with E-state index in [4.69, 9.17) is 16.3 Å². The standard InChI is InChI=1S/C17H18ClFOS/c1-20-14-8-7-12(9-13(14)19)17(18)16-10-11-5-3-2-4-6-15(11)21-16/h7-10,17H,2-6H2,1H3. The summed E-state index contributed by atoms with van der Waals surface area (Å²) in [5.74, 6) is -0.108. The number of ether oxygens (including phenoxy) is 1. The van der Waals surface area contributed by atoms with Gasteiger partial charge in [-0.15, -0.1) is 22.9 Å². The van der Waals surface area contributed by atoms with E-state index >= 15 is 0 Å². The first-order valence-corrected chi connectivity index (χ1v) is 8.53. The van der Waals surface area contributed by atoms with Crippen molar-refractivity contribution in [3.63, 3.8) is 0 Å². The second-order valence-electron chi connectivity index (χ2n) is 5.41. The van der Waals surface area contributed by atoms with Crippen molar-refractivity contribution in [2.75, 3.05) is 7.11 Å². The summed E-state index contributed by atoms with van der Waals surface area (Å²) in [5.41, 5.74) is 2.22. The van der Waals surface area contributed by atoms with Crippen molar-refractivity contribution < 1.29 is 9.13 Å². The summed E-state index contributed by atoms with van der Waals surface area (Å²) in [7, 11) is 1.46. The number of fused-ring (bicyclic) bond motifs is 1. The fourth-order valence-electron chi connectivity index (χ4n) is 2.82. The van der Waals surface area contributed by atoms with Gasteiger partial charge in [0.05, 0.1) is 12.5 Å². The smallest absolute Gasteiger partial charge is 0.165 e. The molecule has 0 radical (unpaired) electrons. The zero-order valence-corrected chi connectivity index (χ0v) is 13.6. The van der Waals surface area contributed by atoms with Crippen LogP contribution in [0, 0.1) is 5.82 Å². The van der Waals surface area contributed by atoms with Gasteiger partial charge in [-0.2, -0.15) is 0 Å². The normalized spacial score (nSPS) is 16.1. The molecule has 0 aliphatic heterocycles. The molecular weight excluding hydrogens is 307 g/mol. The van der Waals surface area contributed by atoms with Gasteiger partial charge in [-0.1, -0.05) is 12.5 Å². The first-order chi connectivity index (χ1) is 10.2. The molecule has 0 fully saturated rings. The maximum Gasteiger partial charge on any atom is 0.165 e. The average molecular weight is 325 g/mol. The lowest BCUT2D eigenvalue weighted by Gasteiger charge is -2.09. The molecule has 0 saturated heterocycles. The van der Waals surface area contributed by atoms with Crippen molar-refractivity contribution in [2.45, 2.75) is 37.5 Å². The molecule has 1 heterocycles. The van der Waals surface area contributed by atoms with E-state index in [-0.39, 0.29) is 16.9 Å². The van der Waals surface area contributed by atoms with Crippen LogP contribution in [0.25, 0.3) is 0 Å². The summed E-state index contributed by atoms with van der Waals surface area (Å²) in [5, 5.41) is -0.290. The van der Waals surface area contributed by atoms with Crippen LogP contribution < -0.4 is 4.74 Å². The minimum atomic E-state index is -0.362. The summed E-state index contributed by atoms with van der Waals surface area (Å²) >= 11 is 8.34. The lowest BCUT2D eigenvalue weighted by atomic mass is 10.1. The van der Waals surface area contributed by atoms with E-state index in [9.17, 15) is 4.39 Å². The van der Waals surface area contributed by atoms with Gasteiger partial charge in [-0.3, -0.25) is 0 Å². The zero-order valence-electron chi connectivity index (χ0n) is 12.0. The lowest BCUT2D eigenvalue weighted by molar-refractivity contribution is 0.386.